The highest BCUT2D eigenvalue weighted by atomic mass is 16.5. The summed E-state index contributed by atoms with van der Waals surface area (Å²) in [7, 11) is 3.27. The van der Waals surface area contributed by atoms with Gasteiger partial charge >= 0.3 is 0 Å². The summed E-state index contributed by atoms with van der Waals surface area (Å²) >= 11 is 0. The first-order chi connectivity index (χ1) is 7.19. The van der Waals surface area contributed by atoms with Gasteiger partial charge in [-0.1, -0.05) is 0 Å². The zero-order valence-electron chi connectivity index (χ0n) is 8.93. The van der Waals surface area contributed by atoms with Crippen LogP contribution in [0.5, 0.6) is 0 Å². The summed E-state index contributed by atoms with van der Waals surface area (Å²) in [4.78, 5) is 0. The molecular weight excluding hydrogens is 198 g/mol. The van der Waals surface area contributed by atoms with Crippen LogP contribution in [0.4, 0.5) is 0 Å². The number of hydrogen-bond acceptors (Lipinski definition) is 5. The van der Waals surface area contributed by atoms with E-state index >= 15 is 0 Å². The van der Waals surface area contributed by atoms with Crippen molar-refractivity contribution >= 4 is 0 Å². The summed E-state index contributed by atoms with van der Waals surface area (Å²) in [5, 5.41) is 22.0. The van der Waals surface area contributed by atoms with E-state index in [4.69, 9.17) is 9.15 Å². The Kier molecular flexibility index (Phi) is 4.77. The maximum absolute atomic E-state index is 9.68. The lowest BCUT2D eigenvalue weighted by molar-refractivity contribution is 0.00573. The minimum absolute atomic E-state index is 0.307. The molecule has 0 bridgehead atoms. The third-order valence-corrected chi connectivity index (χ3v) is 2.04. The average Bonchev–Trinajstić information content (AvgIpc) is 2.66. The lowest BCUT2D eigenvalue weighted by atomic mass is 10.1. The zero-order valence-corrected chi connectivity index (χ0v) is 8.93. The number of nitrogens with one attached hydrogen (secondary N) is 1. The highest BCUT2D eigenvalue weighted by Gasteiger charge is 2.20. The van der Waals surface area contributed by atoms with Gasteiger partial charge in [0.1, 0.15) is 24.2 Å². The first kappa shape index (κ1) is 12.2. The van der Waals surface area contributed by atoms with E-state index in [1.54, 1.807) is 26.3 Å². The molecule has 3 N–H and O–H groups in total. The fraction of sp³-hybridized carbons (Fsp3) is 0.600. The molecule has 0 aliphatic rings. The lowest BCUT2D eigenvalue weighted by Gasteiger charge is -2.14. The van der Waals surface area contributed by atoms with Gasteiger partial charge in [-0.15, -0.1) is 0 Å². The fourth-order valence-corrected chi connectivity index (χ4v) is 1.28. The van der Waals surface area contributed by atoms with Crippen LogP contribution < -0.4 is 5.32 Å². The molecule has 0 amide bonds. The van der Waals surface area contributed by atoms with E-state index in [1.165, 1.54) is 0 Å². The highest BCUT2D eigenvalue weighted by Crippen LogP contribution is 2.19. The van der Waals surface area contributed by atoms with Crippen LogP contribution >= 0.6 is 0 Å². The Bertz CT molecular complexity index is 287. The first-order valence-corrected chi connectivity index (χ1v) is 4.77. The zero-order chi connectivity index (χ0) is 11.3. The van der Waals surface area contributed by atoms with E-state index in [1.807, 2.05) is 0 Å². The molecule has 0 aliphatic carbocycles. The van der Waals surface area contributed by atoms with Crippen LogP contribution in [0.25, 0.3) is 0 Å². The summed E-state index contributed by atoms with van der Waals surface area (Å²) in [5.74, 6) is 0.980. The molecule has 1 rings (SSSR count). The Balaban J connectivity index is 2.60. The van der Waals surface area contributed by atoms with Gasteiger partial charge in [0.25, 0.3) is 0 Å². The van der Waals surface area contributed by atoms with Crippen LogP contribution in [-0.4, -0.2) is 37.0 Å². The van der Waals surface area contributed by atoms with E-state index in [9.17, 15) is 10.2 Å². The molecule has 2 atom stereocenters. The SMILES string of the molecule is CNCC(O)C(O)c1ccc(COC)o1. The number of ether oxygens (including phenoxy) is 1. The highest BCUT2D eigenvalue weighted by molar-refractivity contribution is 5.10. The van der Waals surface area contributed by atoms with Crippen LogP contribution in [-0.2, 0) is 11.3 Å². The molecule has 0 aliphatic heterocycles. The molecule has 1 aromatic heterocycles. The van der Waals surface area contributed by atoms with Gasteiger partial charge in [-0.2, -0.15) is 0 Å². The molecule has 1 aromatic rings. The van der Waals surface area contributed by atoms with Gasteiger partial charge in [-0.05, 0) is 19.2 Å². The molecule has 0 aromatic carbocycles. The van der Waals surface area contributed by atoms with Crippen molar-refractivity contribution in [2.24, 2.45) is 0 Å². The Labute approximate surface area is 88.7 Å². The smallest absolute Gasteiger partial charge is 0.139 e. The fourth-order valence-electron chi connectivity index (χ4n) is 1.28. The summed E-state index contributed by atoms with van der Waals surface area (Å²) in [6.45, 7) is 0.663. The largest absolute Gasteiger partial charge is 0.461 e. The number of likely N-dealkylation sites (N-methyl/N-ethyl adjacent to an activating group) is 1. The third kappa shape index (κ3) is 3.32. The van der Waals surface area contributed by atoms with Gasteiger partial charge in [0.2, 0.25) is 0 Å². The molecular formula is C10H17NO4. The summed E-state index contributed by atoms with van der Waals surface area (Å²) in [6.07, 6.45) is -1.89. The molecule has 0 saturated heterocycles. The molecule has 5 nitrogen and oxygen atoms in total. The third-order valence-electron chi connectivity index (χ3n) is 2.04. The molecule has 86 valence electrons. The number of furan rings is 1. The molecule has 0 fully saturated rings. The van der Waals surface area contributed by atoms with Crippen LogP contribution in [0.1, 0.15) is 17.6 Å². The van der Waals surface area contributed by atoms with E-state index in [2.05, 4.69) is 5.32 Å². The Morgan fingerprint density at radius 2 is 2.20 bits per heavy atom. The first-order valence-electron chi connectivity index (χ1n) is 4.77. The topological polar surface area (TPSA) is 74.9 Å². The van der Waals surface area contributed by atoms with E-state index in [0.29, 0.717) is 24.7 Å². The predicted molar refractivity (Wildman–Crippen MR) is 54.3 cm³/mol. The molecule has 0 spiro atoms. The molecule has 1 heterocycles. The summed E-state index contributed by atoms with van der Waals surface area (Å²) in [6, 6.07) is 3.35. The van der Waals surface area contributed by atoms with Crippen molar-refractivity contribution in [1.29, 1.82) is 0 Å². The Hall–Kier alpha value is -0.880. The Morgan fingerprint density at radius 1 is 1.47 bits per heavy atom. The van der Waals surface area contributed by atoms with Crippen molar-refractivity contribution in [2.45, 2.75) is 18.8 Å². The lowest BCUT2D eigenvalue weighted by Crippen LogP contribution is -2.29. The van der Waals surface area contributed by atoms with Crippen molar-refractivity contribution in [2.75, 3.05) is 20.7 Å². The van der Waals surface area contributed by atoms with Gasteiger partial charge in [-0.25, -0.2) is 0 Å². The van der Waals surface area contributed by atoms with Crippen LogP contribution in [0.3, 0.4) is 0 Å². The second kappa shape index (κ2) is 5.87. The number of rotatable bonds is 6. The molecule has 0 saturated carbocycles. The quantitative estimate of drug-likeness (QED) is 0.624. The molecule has 15 heavy (non-hydrogen) atoms. The minimum atomic E-state index is -1.01. The van der Waals surface area contributed by atoms with Gasteiger partial charge in [0.05, 0.1) is 6.10 Å². The van der Waals surface area contributed by atoms with Crippen molar-refractivity contribution in [3.8, 4) is 0 Å². The maximum Gasteiger partial charge on any atom is 0.139 e. The summed E-state index contributed by atoms with van der Waals surface area (Å²) in [5.41, 5.74) is 0. The van der Waals surface area contributed by atoms with Gasteiger partial charge < -0.3 is 24.7 Å². The Morgan fingerprint density at radius 3 is 2.80 bits per heavy atom. The predicted octanol–water partition coefficient (Wildman–Crippen LogP) is 0.0397. The monoisotopic (exact) mass is 215 g/mol. The van der Waals surface area contributed by atoms with Crippen molar-refractivity contribution < 1.29 is 19.4 Å². The van der Waals surface area contributed by atoms with Crippen molar-refractivity contribution in [1.82, 2.24) is 5.32 Å². The van der Waals surface area contributed by atoms with E-state index in [0.717, 1.165) is 0 Å². The molecule has 0 radical (unpaired) electrons. The summed E-state index contributed by atoms with van der Waals surface area (Å²) < 4.78 is 10.2. The maximum atomic E-state index is 9.68. The normalized spacial score (nSPS) is 15.2. The van der Waals surface area contributed by atoms with Crippen LogP contribution in [0.15, 0.2) is 16.5 Å². The number of hydrogen-bond donors (Lipinski definition) is 3. The molecule has 5 heteroatoms. The van der Waals surface area contributed by atoms with Gasteiger partial charge in [0, 0.05) is 13.7 Å². The number of aliphatic hydroxyl groups excluding tert-OH is 2. The minimum Gasteiger partial charge on any atom is -0.461 e. The second-order valence-corrected chi connectivity index (χ2v) is 3.31. The number of methoxy groups -OCH3 is 1. The van der Waals surface area contributed by atoms with Gasteiger partial charge in [-0.3, -0.25) is 0 Å². The van der Waals surface area contributed by atoms with Crippen molar-refractivity contribution in [3.63, 3.8) is 0 Å². The van der Waals surface area contributed by atoms with Gasteiger partial charge in [0.15, 0.2) is 0 Å². The van der Waals surface area contributed by atoms with Crippen LogP contribution in [0, 0.1) is 0 Å². The average molecular weight is 215 g/mol. The molecule has 2 unspecified atom stereocenters. The number of aliphatic hydroxyl groups is 2. The van der Waals surface area contributed by atoms with E-state index in [-0.39, 0.29) is 0 Å². The second-order valence-electron chi connectivity index (χ2n) is 3.31. The standard InChI is InChI=1S/C10H17NO4/c1-11-5-8(12)10(13)9-4-3-7(15-9)6-14-2/h3-4,8,10-13H,5-6H2,1-2H3. The van der Waals surface area contributed by atoms with E-state index < -0.39 is 12.2 Å². The van der Waals surface area contributed by atoms with Crippen molar-refractivity contribution in [3.05, 3.63) is 23.7 Å². The van der Waals surface area contributed by atoms with Crippen LogP contribution in [0.2, 0.25) is 0 Å².